The molecule has 1 atom stereocenters. The summed E-state index contributed by atoms with van der Waals surface area (Å²) in [6.07, 6.45) is 1.83. The summed E-state index contributed by atoms with van der Waals surface area (Å²) in [5.41, 5.74) is 0. The minimum atomic E-state index is -0.486. The molecule has 1 aliphatic rings. The van der Waals surface area contributed by atoms with E-state index in [0.717, 1.165) is 18.7 Å². The van der Waals surface area contributed by atoms with Gasteiger partial charge in [0.25, 0.3) is 0 Å². The fraction of sp³-hybridized carbons (Fsp3) is 0.818. The average Bonchev–Trinajstić information content (AvgIpc) is 3.01. The van der Waals surface area contributed by atoms with E-state index in [2.05, 4.69) is 10.1 Å². The molecular formula is C11H19N3O3. The topological polar surface area (TPSA) is 71.6 Å². The van der Waals surface area contributed by atoms with Gasteiger partial charge in [0.1, 0.15) is 0 Å². The van der Waals surface area contributed by atoms with Gasteiger partial charge in [-0.2, -0.15) is 4.98 Å². The number of methoxy groups -OCH3 is 1. The minimum Gasteiger partial charge on any atom is -0.389 e. The van der Waals surface area contributed by atoms with Crippen molar-refractivity contribution < 1.29 is 14.4 Å². The normalized spacial score (nSPS) is 17.6. The fourth-order valence-electron chi connectivity index (χ4n) is 1.74. The number of rotatable bonds is 7. The highest BCUT2D eigenvalue weighted by Crippen LogP contribution is 2.38. The Morgan fingerprint density at radius 3 is 3.00 bits per heavy atom. The Labute approximate surface area is 101 Å². The molecule has 0 radical (unpaired) electrons. The maximum absolute atomic E-state index is 9.57. The molecule has 0 saturated heterocycles. The second-order valence-electron chi connectivity index (χ2n) is 4.63. The van der Waals surface area contributed by atoms with E-state index in [0.29, 0.717) is 31.4 Å². The number of likely N-dealkylation sites (N-methyl/N-ethyl adjacent to an activating group) is 1. The van der Waals surface area contributed by atoms with E-state index < -0.39 is 6.10 Å². The third kappa shape index (κ3) is 3.76. The lowest BCUT2D eigenvalue weighted by atomic mass is 10.3. The van der Waals surface area contributed by atoms with Gasteiger partial charge in [-0.15, -0.1) is 0 Å². The molecule has 1 heterocycles. The summed E-state index contributed by atoms with van der Waals surface area (Å²) in [5, 5.41) is 13.5. The van der Waals surface area contributed by atoms with E-state index >= 15 is 0 Å². The van der Waals surface area contributed by atoms with Gasteiger partial charge in [0.05, 0.1) is 19.3 Å². The summed E-state index contributed by atoms with van der Waals surface area (Å²) in [5.74, 6) is 1.92. The molecular weight excluding hydrogens is 222 g/mol. The number of aromatic nitrogens is 2. The van der Waals surface area contributed by atoms with Crippen molar-refractivity contribution in [3.05, 3.63) is 11.7 Å². The molecule has 6 nitrogen and oxygen atoms in total. The number of hydrogen-bond acceptors (Lipinski definition) is 6. The highest BCUT2D eigenvalue weighted by Gasteiger charge is 2.29. The van der Waals surface area contributed by atoms with E-state index in [1.807, 2.05) is 11.9 Å². The van der Waals surface area contributed by atoms with Gasteiger partial charge in [-0.05, 0) is 19.9 Å². The van der Waals surface area contributed by atoms with Crippen molar-refractivity contribution >= 4 is 0 Å². The van der Waals surface area contributed by atoms with Gasteiger partial charge in [-0.3, -0.25) is 4.90 Å². The molecule has 1 aromatic rings. The zero-order valence-corrected chi connectivity index (χ0v) is 10.3. The second kappa shape index (κ2) is 5.57. The van der Waals surface area contributed by atoms with Crippen LogP contribution in [0.15, 0.2) is 4.52 Å². The minimum absolute atomic E-state index is 0.337. The number of aliphatic hydroxyl groups is 1. The number of ether oxygens (including phenoxy) is 1. The van der Waals surface area contributed by atoms with Crippen LogP contribution in [0.1, 0.15) is 30.5 Å². The van der Waals surface area contributed by atoms with Crippen LogP contribution >= 0.6 is 0 Å². The second-order valence-corrected chi connectivity index (χ2v) is 4.63. The van der Waals surface area contributed by atoms with Gasteiger partial charge in [-0.25, -0.2) is 0 Å². The highest BCUT2D eigenvalue weighted by molar-refractivity contribution is 5.01. The van der Waals surface area contributed by atoms with Crippen molar-refractivity contribution in [2.24, 2.45) is 0 Å². The van der Waals surface area contributed by atoms with Gasteiger partial charge in [0.15, 0.2) is 5.82 Å². The lowest BCUT2D eigenvalue weighted by Gasteiger charge is -2.18. The van der Waals surface area contributed by atoms with Crippen molar-refractivity contribution in [2.45, 2.75) is 31.4 Å². The molecule has 0 aromatic carbocycles. The van der Waals surface area contributed by atoms with Crippen LogP contribution in [-0.4, -0.2) is 53.6 Å². The molecule has 17 heavy (non-hydrogen) atoms. The maximum Gasteiger partial charge on any atom is 0.229 e. The third-order valence-electron chi connectivity index (χ3n) is 2.70. The zero-order valence-electron chi connectivity index (χ0n) is 10.3. The molecule has 1 aromatic heterocycles. The van der Waals surface area contributed by atoms with Gasteiger partial charge in [0, 0.05) is 19.6 Å². The fourth-order valence-corrected chi connectivity index (χ4v) is 1.74. The van der Waals surface area contributed by atoms with Crippen LogP contribution in [0, 0.1) is 0 Å². The first-order valence-corrected chi connectivity index (χ1v) is 5.87. The Balaban J connectivity index is 1.78. The smallest absolute Gasteiger partial charge is 0.229 e. The molecule has 2 rings (SSSR count). The molecule has 1 saturated carbocycles. The first-order valence-electron chi connectivity index (χ1n) is 5.87. The molecule has 96 valence electrons. The quantitative estimate of drug-likeness (QED) is 0.744. The van der Waals surface area contributed by atoms with Gasteiger partial charge in [-0.1, -0.05) is 5.16 Å². The summed E-state index contributed by atoms with van der Waals surface area (Å²) in [6.45, 7) is 1.45. The van der Waals surface area contributed by atoms with Gasteiger partial charge in [0.2, 0.25) is 5.89 Å². The van der Waals surface area contributed by atoms with Crippen molar-refractivity contribution in [3.63, 3.8) is 0 Å². The standard InChI is InChI=1S/C11H19N3O3/c1-14(5-9(15)7-16-2)6-10-12-11(17-13-10)8-3-4-8/h8-9,15H,3-7H2,1-2H3. The van der Waals surface area contributed by atoms with Crippen LogP contribution in [0.3, 0.4) is 0 Å². The third-order valence-corrected chi connectivity index (χ3v) is 2.70. The van der Waals surface area contributed by atoms with Gasteiger partial charge >= 0.3 is 0 Å². The molecule has 1 N–H and O–H groups in total. The molecule has 0 aliphatic heterocycles. The number of hydrogen-bond donors (Lipinski definition) is 1. The number of aliphatic hydroxyl groups excluding tert-OH is 1. The molecule has 0 amide bonds. The lowest BCUT2D eigenvalue weighted by molar-refractivity contribution is 0.0413. The summed E-state index contributed by atoms with van der Waals surface area (Å²) in [4.78, 5) is 6.28. The Morgan fingerprint density at radius 1 is 1.59 bits per heavy atom. The predicted octanol–water partition coefficient (Wildman–Crippen LogP) is 0.386. The average molecular weight is 241 g/mol. The Morgan fingerprint density at radius 2 is 2.35 bits per heavy atom. The van der Waals surface area contributed by atoms with Crippen LogP contribution in [0.4, 0.5) is 0 Å². The summed E-state index contributed by atoms with van der Waals surface area (Å²) in [7, 11) is 3.48. The SMILES string of the molecule is COCC(O)CN(C)Cc1noc(C2CC2)n1. The largest absolute Gasteiger partial charge is 0.389 e. The molecule has 0 bridgehead atoms. The van der Waals surface area contributed by atoms with Gasteiger partial charge < -0.3 is 14.4 Å². The maximum atomic E-state index is 9.57. The Hall–Kier alpha value is -0.980. The summed E-state index contributed by atoms with van der Waals surface area (Å²) < 4.78 is 10.0. The van der Waals surface area contributed by atoms with E-state index in [1.165, 1.54) is 0 Å². The number of nitrogens with zero attached hydrogens (tertiary/aromatic N) is 3. The Bertz CT molecular complexity index is 351. The van der Waals surface area contributed by atoms with Crippen molar-refractivity contribution in [2.75, 3.05) is 27.3 Å². The van der Waals surface area contributed by atoms with Crippen molar-refractivity contribution in [1.82, 2.24) is 15.0 Å². The molecule has 6 heteroatoms. The van der Waals surface area contributed by atoms with Crippen molar-refractivity contribution in [3.8, 4) is 0 Å². The van der Waals surface area contributed by atoms with Crippen LogP contribution < -0.4 is 0 Å². The van der Waals surface area contributed by atoms with E-state index in [4.69, 9.17) is 9.26 Å². The summed E-state index contributed by atoms with van der Waals surface area (Å²) >= 11 is 0. The first kappa shape index (κ1) is 12.5. The predicted molar refractivity (Wildman–Crippen MR) is 60.5 cm³/mol. The first-order chi connectivity index (χ1) is 8.19. The van der Waals surface area contributed by atoms with E-state index in [1.54, 1.807) is 7.11 Å². The highest BCUT2D eigenvalue weighted by atomic mass is 16.5. The summed E-state index contributed by atoms with van der Waals surface area (Å²) in [6, 6.07) is 0. The molecule has 1 aliphatic carbocycles. The molecule has 1 fully saturated rings. The van der Waals surface area contributed by atoms with E-state index in [9.17, 15) is 5.11 Å². The monoisotopic (exact) mass is 241 g/mol. The zero-order chi connectivity index (χ0) is 12.3. The van der Waals surface area contributed by atoms with Crippen LogP contribution in [-0.2, 0) is 11.3 Å². The molecule has 0 spiro atoms. The Kier molecular flexibility index (Phi) is 4.09. The molecule has 1 unspecified atom stereocenters. The van der Waals surface area contributed by atoms with Crippen molar-refractivity contribution in [1.29, 1.82) is 0 Å². The van der Waals surface area contributed by atoms with Crippen LogP contribution in [0.2, 0.25) is 0 Å². The van der Waals surface area contributed by atoms with E-state index in [-0.39, 0.29) is 0 Å². The lowest BCUT2D eigenvalue weighted by Crippen LogP contribution is -2.31. The van der Waals surface area contributed by atoms with Crippen LogP contribution in [0.25, 0.3) is 0 Å². The van der Waals surface area contributed by atoms with Crippen LogP contribution in [0.5, 0.6) is 0 Å².